The minimum Gasteiger partial charge on any atom is -0.334 e. The van der Waals surface area contributed by atoms with Crippen LogP contribution in [0.1, 0.15) is 20.3 Å². The summed E-state index contributed by atoms with van der Waals surface area (Å²) < 4.78 is 22.9. The number of rotatable bonds is 5. The van der Waals surface area contributed by atoms with E-state index in [2.05, 4.69) is 16.0 Å². The van der Waals surface area contributed by atoms with E-state index in [0.29, 0.717) is 22.2 Å². The van der Waals surface area contributed by atoms with Gasteiger partial charge in [-0.25, -0.2) is 13.2 Å². The number of sulfone groups is 1. The molecule has 1 heterocycles. The lowest BCUT2D eigenvalue weighted by Gasteiger charge is -2.23. The number of hydrogen-bond donors (Lipinski definition) is 3. The molecular formula is C16H21Cl2N3O4S. The second-order valence-electron chi connectivity index (χ2n) is 6.59. The lowest BCUT2D eigenvalue weighted by atomic mass is 10.0. The van der Waals surface area contributed by atoms with E-state index >= 15 is 0 Å². The first kappa shape index (κ1) is 20.8. The number of carbonyl (C=O) groups is 2. The van der Waals surface area contributed by atoms with Crippen molar-refractivity contribution in [2.45, 2.75) is 32.4 Å². The Hall–Kier alpha value is -1.51. The van der Waals surface area contributed by atoms with Crippen LogP contribution in [0, 0.1) is 5.92 Å². The van der Waals surface area contributed by atoms with Gasteiger partial charge in [0, 0.05) is 21.8 Å². The Kier molecular flexibility index (Phi) is 6.76. The number of urea groups is 1. The summed E-state index contributed by atoms with van der Waals surface area (Å²) in [6.45, 7) is 3.57. The lowest BCUT2D eigenvalue weighted by Crippen LogP contribution is -2.52. The van der Waals surface area contributed by atoms with E-state index in [1.54, 1.807) is 32.0 Å². The summed E-state index contributed by atoms with van der Waals surface area (Å²) in [6, 6.07) is 2.80. The Morgan fingerprint density at radius 2 is 1.77 bits per heavy atom. The van der Waals surface area contributed by atoms with Crippen LogP contribution in [0.3, 0.4) is 0 Å². The topological polar surface area (TPSA) is 104 Å². The highest BCUT2D eigenvalue weighted by molar-refractivity contribution is 7.91. The third kappa shape index (κ3) is 6.03. The van der Waals surface area contributed by atoms with Crippen molar-refractivity contribution in [1.29, 1.82) is 0 Å². The Morgan fingerprint density at radius 3 is 2.27 bits per heavy atom. The fourth-order valence-corrected chi connectivity index (χ4v) is 4.86. The second-order valence-corrected chi connectivity index (χ2v) is 9.69. The largest absolute Gasteiger partial charge is 0.334 e. The summed E-state index contributed by atoms with van der Waals surface area (Å²) in [5, 5.41) is 8.63. The molecule has 26 heavy (non-hydrogen) atoms. The summed E-state index contributed by atoms with van der Waals surface area (Å²) in [7, 11) is -3.10. The molecule has 0 bridgehead atoms. The summed E-state index contributed by atoms with van der Waals surface area (Å²) in [5.74, 6) is -0.642. The highest BCUT2D eigenvalue weighted by atomic mass is 35.5. The van der Waals surface area contributed by atoms with Crippen molar-refractivity contribution in [3.05, 3.63) is 28.2 Å². The van der Waals surface area contributed by atoms with Gasteiger partial charge in [0.1, 0.15) is 6.04 Å². The van der Waals surface area contributed by atoms with Gasteiger partial charge in [0.05, 0.1) is 11.5 Å². The van der Waals surface area contributed by atoms with Crippen molar-refractivity contribution in [2.24, 2.45) is 5.92 Å². The second kappa shape index (κ2) is 8.45. The molecule has 3 amide bonds. The molecule has 3 N–H and O–H groups in total. The van der Waals surface area contributed by atoms with Crippen molar-refractivity contribution in [2.75, 3.05) is 16.8 Å². The van der Waals surface area contributed by atoms with E-state index in [1.165, 1.54) is 0 Å². The maximum atomic E-state index is 12.5. The Balaban J connectivity index is 1.98. The first-order valence-corrected chi connectivity index (χ1v) is 10.7. The van der Waals surface area contributed by atoms with Crippen molar-refractivity contribution >= 4 is 50.7 Å². The molecule has 2 atom stereocenters. The highest BCUT2D eigenvalue weighted by Gasteiger charge is 2.30. The van der Waals surface area contributed by atoms with Crippen LogP contribution in [-0.2, 0) is 14.6 Å². The van der Waals surface area contributed by atoms with Gasteiger partial charge >= 0.3 is 6.03 Å². The summed E-state index contributed by atoms with van der Waals surface area (Å²) in [5.41, 5.74) is 0.419. The highest BCUT2D eigenvalue weighted by Crippen LogP contribution is 2.23. The number of benzene rings is 1. The van der Waals surface area contributed by atoms with Gasteiger partial charge in [-0.15, -0.1) is 0 Å². The first-order chi connectivity index (χ1) is 12.1. The van der Waals surface area contributed by atoms with Crippen LogP contribution in [0.15, 0.2) is 18.2 Å². The SMILES string of the molecule is CC(C)[C@H](NC(=O)N[C@@H]1CCS(=O)(=O)C1)C(=O)Nc1cc(Cl)cc(Cl)c1. The van der Waals surface area contributed by atoms with E-state index in [1.807, 2.05) is 0 Å². The molecule has 0 radical (unpaired) electrons. The van der Waals surface area contributed by atoms with Crippen LogP contribution in [0.2, 0.25) is 10.0 Å². The quantitative estimate of drug-likeness (QED) is 0.678. The van der Waals surface area contributed by atoms with E-state index in [9.17, 15) is 18.0 Å². The molecule has 7 nitrogen and oxygen atoms in total. The third-order valence-electron chi connectivity index (χ3n) is 3.93. The fourth-order valence-electron chi connectivity index (χ4n) is 2.66. The summed E-state index contributed by atoms with van der Waals surface area (Å²) in [6.07, 6.45) is 0.370. The molecule has 0 unspecified atom stereocenters. The van der Waals surface area contributed by atoms with Crippen LogP contribution in [-0.4, -0.2) is 43.9 Å². The number of anilines is 1. The summed E-state index contributed by atoms with van der Waals surface area (Å²) in [4.78, 5) is 24.7. The van der Waals surface area contributed by atoms with Crippen molar-refractivity contribution in [3.63, 3.8) is 0 Å². The molecule has 1 fully saturated rings. The normalized spacial score (nSPS) is 19.8. The van der Waals surface area contributed by atoms with Crippen molar-refractivity contribution < 1.29 is 18.0 Å². The van der Waals surface area contributed by atoms with E-state index in [4.69, 9.17) is 23.2 Å². The zero-order valence-corrected chi connectivity index (χ0v) is 16.7. The van der Waals surface area contributed by atoms with Gasteiger partial charge in [0.25, 0.3) is 0 Å². The van der Waals surface area contributed by atoms with Gasteiger partial charge in [-0.05, 0) is 30.5 Å². The molecular weight excluding hydrogens is 401 g/mol. The van der Waals surface area contributed by atoms with Crippen molar-refractivity contribution in [3.8, 4) is 0 Å². The molecule has 0 aromatic heterocycles. The predicted molar refractivity (Wildman–Crippen MR) is 102 cm³/mol. The van der Waals surface area contributed by atoms with E-state index in [0.717, 1.165) is 0 Å². The van der Waals surface area contributed by atoms with Crippen LogP contribution >= 0.6 is 23.2 Å². The van der Waals surface area contributed by atoms with Gasteiger partial charge in [0.2, 0.25) is 5.91 Å². The predicted octanol–water partition coefficient (Wildman–Crippen LogP) is 2.44. The zero-order valence-electron chi connectivity index (χ0n) is 14.4. The van der Waals surface area contributed by atoms with Crippen LogP contribution in [0.25, 0.3) is 0 Å². The molecule has 1 aromatic rings. The number of nitrogens with one attached hydrogen (secondary N) is 3. The third-order valence-corrected chi connectivity index (χ3v) is 6.14. The zero-order chi connectivity index (χ0) is 19.5. The minimum atomic E-state index is -3.10. The Morgan fingerprint density at radius 1 is 1.15 bits per heavy atom. The van der Waals surface area contributed by atoms with Gasteiger partial charge in [-0.2, -0.15) is 0 Å². The molecule has 0 aliphatic carbocycles. The molecule has 1 aliphatic rings. The average molecular weight is 422 g/mol. The number of hydrogen-bond acceptors (Lipinski definition) is 4. The minimum absolute atomic E-state index is 0.0571. The monoisotopic (exact) mass is 421 g/mol. The van der Waals surface area contributed by atoms with E-state index in [-0.39, 0.29) is 17.4 Å². The molecule has 0 spiro atoms. The Labute approximate surface area is 162 Å². The summed E-state index contributed by atoms with van der Waals surface area (Å²) >= 11 is 11.8. The molecule has 144 valence electrons. The maximum absolute atomic E-state index is 12.5. The lowest BCUT2D eigenvalue weighted by molar-refractivity contribution is -0.118. The number of carbonyl (C=O) groups excluding carboxylic acids is 2. The smallest absolute Gasteiger partial charge is 0.315 e. The van der Waals surface area contributed by atoms with Crippen LogP contribution in [0.5, 0.6) is 0 Å². The van der Waals surface area contributed by atoms with E-state index < -0.39 is 33.9 Å². The molecule has 0 saturated carbocycles. The molecule has 1 saturated heterocycles. The number of halogens is 2. The number of amides is 3. The Bertz CT molecular complexity index is 778. The molecule has 1 aliphatic heterocycles. The van der Waals surface area contributed by atoms with Gasteiger partial charge in [-0.3, -0.25) is 4.79 Å². The molecule has 10 heteroatoms. The van der Waals surface area contributed by atoms with Crippen molar-refractivity contribution in [1.82, 2.24) is 10.6 Å². The first-order valence-electron chi connectivity index (χ1n) is 8.10. The van der Waals surface area contributed by atoms with Gasteiger partial charge in [-0.1, -0.05) is 37.0 Å². The molecule has 1 aromatic carbocycles. The van der Waals surface area contributed by atoms with Crippen LogP contribution in [0.4, 0.5) is 10.5 Å². The molecule has 2 rings (SSSR count). The van der Waals surface area contributed by atoms with Gasteiger partial charge < -0.3 is 16.0 Å². The van der Waals surface area contributed by atoms with Gasteiger partial charge in [0.15, 0.2) is 9.84 Å². The standard InChI is InChI=1S/C16H21Cl2N3O4S/c1-9(2)14(15(22)19-13-6-10(17)5-11(18)7-13)21-16(23)20-12-3-4-26(24,25)8-12/h5-7,9,12,14H,3-4,8H2,1-2H3,(H,19,22)(H2,20,21,23)/t12-,14+/m1/s1. The fraction of sp³-hybridized carbons (Fsp3) is 0.500. The average Bonchev–Trinajstić information content (AvgIpc) is 2.82. The maximum Gasteiger partial charge on any atom is 0.315 e. The van der Waals surface area contributed by atoms with Crippen LogP contribution < -0.4 is 16.0 Å².